The summed E-state index contributed by atoms with van der Waals surface area (Å²) in [4.78, 5) is 22.8. The van der Waals surface area contributed by atoms with Crippen LogP contribution in [0.25, 0.3) is 10.2 Å². The van der Waals surface area contributed by atoms with Crippen LogP contribution in [-0.2, 0) is 4.79 Å². The molecule has 0 aliphatic carbocycles. The second-order valence-electron chi connectivity index (χ2n) is 4.61. The summed E-state index contributed by atoms with van der Waals surface area (Å²) in [5, 5.41) is 2.84. The number of rotatable bonds is 3. The third kappa shape index (κ3) is 2.60. The van der Waals surface area contributed by atoms with Gasteiger partial charge in [-0.2, -0.15) is 0 Å². The predicted octanol–water partition coefficient (Wildman–Crippen LogP) is 2.79. The molecule has 3 rings (SSSR count). The number of nitrogens with zero attached hydrogens (tertiary/aromatic N) is 3. The van der Waals surface area contributed by atoms with E-state index in [-0.39, 0.29) is 11.2 Å². The van der Waals surface area contributed by atoms with Gasteiger partial charge in [-0.1, -0.05) is 11.8 Å². The molecule has 4 nitrogen and oxygen atoms in total. The standard InChI is InChI=1S/C13H15N3OS2/c1-9(13(17)16-5-2-3-6-16)19-12-11-10(4-7-18-11)14-8-15-12/h4,7-9H,2-3,5-6H2,1H3. The van der Waals surface area contributed by atoms with Crippen molar-refractivity contribution in [2.24, 2.45) is 0 Å². The van der Waals surface area contributed by atoms with Crippen LogP contribution >= 0.6 is 23.1 Å². The highest BCUT2D eigenvalue weighted by Gasteiger charge is 2.24. The summed E-state index contributed by atoms with van der Waals surface area (Å²) in [6.07, 6.45) is 3.84. The second-order valence-corrected chi connectivity index (χ2v) is 6.85. The van der Waals surface area contributed by atoms with Crippen molar-refractivity contribution in [3.63, 3.8) is 0 Å². The van der Waals surface area contributed by atoms with Crippen LogP contribution in [0.15, 0.2) is 22.8 Å². The molecule has 1 fully saturated rings. The van der Waals surface area contributed by atoms with E-state index in [0.717, 1.165) is 41.2 Å². The number of likely N-dealkylation sites (tertiary alicyclic amines) is 1. The number of hydrogen-bond donors (Lipinski definition) is 0. The van der Waals surface area contributed by atoms with Gasteiger partial charge in [-0.05, 0) is 31.2 Å². The smallest absolute Gasteiger partial charge is 0.235 e. The van der Waals surface area contributed by atoms with Gasteiger partial charge in [0.05, 0.1) is 15.5 Å². The van der Waals surface area contributed by atoms with E-state index in [4.69, 9.17) is 0 Å². The summed E-state index contributed by atoms with van der Waals surface area (Å²) in [7, 11) is 0. The molecule has 1 atom stereocenters. The highest BCUT2D eigenvalue weighted by Crippen LogP contribution is 2.32. The van der Waals surface area contributed by atoms with Crippen LogP contribution in [0.1, 0.15) is 19.8 Å². The molecule has 100 valence electrons. The molecule has 6 heteroatoms. The van der Waals surface area contributed by atoms with Crippen LogP contribution in [0, 0.1) is 0 Å². The van der Waals surface area contributed by atoms with Crippen LogP contribution in [0.5, 0.6) is 0 Å². The SMILES string of the molecule is CC(Sc1ncnc2ccsc12)C(=O)N1CCCC1. The van der Waals surface area contributed by atoms with Gasteiger partial charge in [0.15, 0.2) is 0 Å². The van der Waals surface area contributed by atoms with E-state index in [1.807, 2.05) is 23.3 Å². The molecular formula is C13H15N3OS2. The molecule has 0 spiro atoms. The van der Waals surface area contributed by atoms with Gasteiger partial charge < -0.3 is 4.90 Å². The normalized spacial score (nSPS) is 17.0. The van der Waals surface area contributed by atoms with Crippen molar-refractivity contribution in [1.29, 1.82) is 0 Å². The Morgan fingerprint density at radius 3 is 3.00 bits per heavy atom. The Labute approximate surface area is 120 Å². The minimum atomic E-state index is -0.0849. The minimum Gasteiger partial charge on any atom is -0.342 e. The molecule has 0 N–H and O–H groups in total. The van der Waals surface area contributed by atoms with Crippen molar-refractivity contribution in [2.45, 2.75) is 30.0 Å². The van der Waals surface area contributed by atoms with Crippen LogP contribution < -0.4 is 0 Å². The van der Waals surface area contributed by atoms with Crippen LogP contribution in [0.4, 0.5) is 0 Å². The molecular weight excluding hydrogens is 278 g/mol. The molecule has 1 unspecified atom stereocenters. The lowest BCUT2D eigenvalue weighted by Gasteiger charge is -2.19. The van der Waals surface area contributed by atoms with Crippen molar-refractivity contribution in [3.8, 4) is 0 Å². The third-order valence-electron chi connectivity index (χ3n) is 3.26. The Kier molecular flexibility index (Phi) is 3.70. The zero-order valence-electron chi connectivity index (χ0n) is 10.7. The zero-order valence-corrected chi connectivity index (χ0v) is 12.3. The Morgan fingerprint density at radius 2 is 2.21 bits per heavy atom. The maximum absolute atomic E-state index is 12.3. The summed E-state index contributed by atoms with van der Waals surface area (Å²) < 4.78 is 1.08. The average Bonchev–Trinajstić information content (AvgIpc) is 3.09. The highest BCUT2D eigenvalue weighted by atomic mass is 32.2. The lowest BCUT2D eigenvalue weighted by atomic mass is 10.4. The second kappa shape index (κ2) is 5.46. The molecule has 1 aliphatic heterocycles. The molecule has 0 saturated carbocycles. The first-order chi connectivity index (χ1) is 9.25. The van der Waals surface area contributed by atoms with E-state index in [0.29, 0.717) is 0 Å². The predicted molar refractivity (Wildman–Crippen MR) is 78.5 cm³/mol. The first-order valence-corrected chi connectivity index (χ1v) is 8.15. The molecule has 3 heterocycles. The third-order valence-corrected chi connectivity index (χ3v) is 5.39. The highest BCUT2D eigenvalue weighted by molar-refractivity contribution is 8.00. The molecule has 2 aromatic heterocycles. The molecule has 1 saturated heterocycles. The lowest BCUT2D eigenvalue weighted by molar-refractivity contribution is -0.129. The van der Waals surface area contributed by atoms with Crippen LogP contribution in [0.2, 0.25) is 0 Å². The van der Waals surface area contributed by atoms with Gasteiger partial charge in [0.2, 0.25) is 5.91 Å². The Bertz CT molecular complexity index is 592. The topological polar surface area (TPSA) is 46.1 Å². The molecule has 0 bridgehead atoms. The Balaban J connectivity index is 1.76. The Hall–Kier alpha value is -1.14. The monoisotopic (exact) mass is 293 g/mol. The van der Waals surface area contributed by atoms with Crippen molar-refractivity contribution >= 4 is 39.2 Å². The first-order valence-electron chi connectivity index (χ1n) is 6.39. The maximum atomic E-state index is 12.3. The van der Waals surface area contributed by atoms with Crippen molar-refractivity contribution < 1.29 is 4.79 Å². The van der Waals surface area contributed by atoms with E-state index < -0.39 is 0 Å². The number of carbonyl (C=O) groups is 1. The fourth-order valence-corrected chi connectivity index (χ4v) is 4.18. The first kappa shape index (κ1) is 12.9. The number of amides is 1. The average molecular weight is 293 g/mol. The number of hydrogen-bond acceptors (Lipinski definition) is 5. The van der Waals surface area contributed by atoms with Crippen LogP contribution in [0.3, 0.4) is 0 Å². The largest absolute Gasteiger partial charge is 0.342 e. The molecule has 0 radical (unpaired) electrons. The van der Waals surface area contributed by atoms with Crippen molar-refractivity contribution in [3.05, 3.63) is 17.8 Å². The number of thioether (sulfide) groups is 1. The van der Waals surface area contributed by atoms with E-state index in [1.165, 1.54) is 0 Å². The van der Waals surface area contributed by atoms with Crippen molar-refractivity contribution in [1.82, 2.24) is 14.9 Å². The van der Waals surface area contributed by atoms with Gasteiger partial charge >= 0.3 is 0 Å². The number of thiophene rings is 1. The minimum absolute atomic E-state index is 0.0849. The van der Waals surface area contributed by atoms with E-state index in [1.54, 1.807) is 29.4 Å². The summed E-state index contributed by atoms with van der Waals surface area (Å²) in [5.41, 5.74) is 0.961. The van der Waals surface area contributed by atoms with Gasteiger partial charge in [0.25, 0.3) is 0 Å². The van der Waals surface area contributed by atoms with Gasteiger partial charge in [0, 0.05) is 13.1 Å². The fourth-order valence-electron chi connectivity index (χ4n) is 2.26. The fraction of sp³-hybridized carbons (Fsp3) is 0.462. The zero-order chi connectivity index (χ0) is 13.2. The van der Waals surface area contributed by atoms with Crippen molar-refractivity contribution in [2.75, 3.05) is 13.1 Å². The molecule has 0 aromatic carbocycles. The number of fused-ring (bicyclic) bond motifs is 1. The van der Waals surface area contributed by atoms with E-state index in [2.05, 4.69) is 9.97 Å². The molecule has 1 aliphatic rings. The Morgan fingerprint density at radius 1 is 1.42 bits per heavy atom. The number of aromatic nitrogens is 2. The van der Waals surface area contributed by atoms with E-state index >= 15 is 0 Å². The van der Waals surface area contributed by atoms with Gasteiger partial charge in [-0.3, -0.25) is 4.79 Å². The van der Waals surface area contributed by atoms with Crippen LogP contribution in [-0.4, -0.2) is 39.1 Å². The quantitative estimate of drug-likeness (QED) is 0.645. The van der Waals surface area contributed by atoms with E-state index in [9.17, 15) is 4.79 Å². The summed E-state index contributed by atoms with van der Waals surface area (Å²) in [6.45, 7) is 3.77. The molecule has 1 amide bonds. The summed E-state index contributed by atoms with van der Waals surface area (Å²) in [5.74, 6) is 0.228. The van der Waals surface area contributed by atoms with Gasteiger partial charge in [-0.25, -0.2) is 9.97 Å². The maximum Gasteiger partial charge on any atom is 0.235 e. The number of carbonyl (C=O) groups excluding carboxylic acids is 1. The van der Waals surface area contributed by atoms with Gasteiger partial charge in [-0.15, -0.1) is 11.3 Å². The lowest BCUT2D eigenvalue weighted by Crippen LogP contribution is -2.34. The molecule has 19 heavy (non-hydrogen) atoms. The molecule has 2 aromatic rings. The van der Waals surface area contributed by atoms with Gasteiger partial charge in [0.1, 0.15) is 11.4 Å². The summed E-state index contributed by atoms with van der Waals surface area (Å²) >= 11 is 3.17. The summed E-state index contributed by atoms with van der Waals surface area (Å²) in [6, 6.07) is 1.98.